The fourth-order valence-electron chi connectivity index (χ4n) is 1.84. The van der Waals surface area contributed by atoms with Crippen LogP contribution in [0.2, 0.25) is 0 Å². The Hall–Kier alpha value is -2.33. The average molecular weight is 233 g/mol. The zero-order valence-corrected chi connectivity index (χ0v) is 10.4. The molecule has 1 atom stereocenters. The summed E-state index contributed by atoms with van der Waals surface area (Å²) in [7, 11) is 0. The summed E-state index contributed by atoms with van der Waals surface area (Å²) in [4.78, 5) is 0. The molecular weight excluding hydrogens is 218 g/mol. The Bertz CT molecular complexity index is 576. The van der Waals surface area contributed by atoms with Gasteiger partial charge in [-0.05, 0) is 29.2 Å². The molecule has 0 N–H and O–H groups in total. The Balaban J connectivity index is 2.14. The van der Waals surface area contributed by atoms with E-state index in [0.717, 1.165) is 5.56 Å². The molecule has 0 fully saturated rings. The van der Waals surface area contributed by atoms with Gasteiger partial charge in [0, 0.05) is 0 Å². The Labute approximate surface area is 108 Å². The highest BCUT2D eigenvalue weighted by molar-refractivity contribution is 5.53. The van der Waals surface area contributed by atoms with Gasteiger partial charge in [-0.25, -0.2) is 0 Å². The fourth-order valence-corrected chi connectivity index (χ4v) is 1.84. The topological polar surface area (TPSA) is 23.8 Å². The van der Waals surface area contributed by atoms with E-state index in [2.05, 4.69) is 49.4 Å². The summed E-state index contributed by atoms with van der Waals surface area (Å²) in [6, 6.07) is 20.2. The third-order valence-corrected chi connectivity index (χ3v) is 2.92. The predicted molar refractivity (Wildman–Crippen MR) is 75.0 cm³/mol. The van der Waals surface area contributed by atoms with Gasteiger partial charge < -0.3 is 0 Å². The minimum absolute atomic E-state index is 0.372. The van der Waals surface area contributed by atoms with E-state index < -0.39 is 0 Å². The lowest BCUT2D eigenvalue weighted by Gasteiger charge is -2.05. The van der Waals surface area contributed by atoms with Gasteiger partial charge in [0.05, 0.1) is 11.6 Å². The normalized spacial score (nSPS) is 12.2. The van der Waals surface area contributed by atoms with E-state index in [1.54, 1.807) is 0 Å². The van der Waals surface area contributed by atoms with Crippen molar-refractivity contribution in [2.45, 2.75) is 12.8 Å². The van der Waals surface area contributed by atoms with Crippen molar-refractivity contribution in [3.05, 3.63) is 77.4 Å². The number of nitrogens with zero attached hydrogens (tertiary/aromatic N) is 1. The molecular formula is C17H15N. The number of allylic oxidation sites excluding steroid dienone is 1. The molecule has 18 heavy (non-hydrogen) atoms. The van der Waals surface area contributed by atoms with Crippen LogP contribution in [0.25, 0.3) is 6.08 Å². The number of hydrogen-bond acceptors (Lipinski definition) is 1. The average Bonchev–Trinajstić information content (AvgIpc) is 2.46. The maximum absolute atomic E-state index is 8.84. The van der Waals surface area contributed by atoms with Crippen molar-refractivity contribution in [2.75, 3.05) is 0 Å². The van der Waals surface area contributed by atoms with Crippen LogP contribution in [0.15, 0.2) is 60.7 Å². The second-order valence-electron chi connectivity index (χ2n) is 4.30. The molecule has 0 aromatic heterocycles. The van der Waals surface area contributed by atoms with E-state index in [4.69, 9.17) is 5.26 Å². The van der Waals surface area contributed by atoms with Gasteiger partial charge in [-0.2, -0.15) is 5.26 Å². The van der Waals surface area contributed by atoms with Gasteiger partial charge in [-0.1, -0.05) is 61.5 Å². The van der Waals surface area contributed by atoms with Crippen LogP contribution in [0.5, 0.6) is 0 Å². The van der Waals surface area contributed by atoms with E-state index in [1.807, 2.05) is 30.3 Å². The summed E-state index contributed by atoms with van der Waals surface area (Å²) < 4.78 is 0. The van der Waals surface area contributed by atoms with Crippen molar-refractivity contribution >= 4 is 6.08 Å². The van der Waals surface area contributed by atoms with Crippen LogP contribution < -0.4 is 0 Å². The monoisotopic (exact) mass is 233 g/mol. The van der Waals surface area contributed by atoms with Gasteiger partial charge >= 0.3 is 0 Å². The van der Waals surface area contributed by atoms with Crippen LogP contribution in [0, 0.1) is 11.3 Å². The smallest absolute Gasteiger partial charge is 0.0991 e. The number of hydrogen-bond donors (Lipinski definition) is 0. The Morgan fingerprint density at radius 2 is 1.83 bits per heavy atom. The number of rotatable bonds is 3. The molecule has 0 aliphatic heterocycles. The zero-order valence-electron chi connectivity index (χ0n) is 10.4. The van der Waals surface area contributed by atoms with Gasteiger partial charge in [-0.3, -0.25) is 0 Å². The SMILES string of the molecule is CC(C=Cc1cccc(C#N)c1)c1ccccc1. The first-order chi connectivity index (χ1) is 8.79. The van der Waals surface area contributed by atoms with E-state index in [0.29, 0.717) is 11.5 Å². The van der Waals surface area contributed by atoms with E-state index >= 15 is 0 Å². The van der Waals surface area contributed by atoms with Crippen LogP contribution >= 0.6 is 0 Å². The minimum Gasteiger partial charge on any atom is -0.192 e. The second-order valence-corrected chi connectivity index (χ2v) is 4.30. The third kappa shape index (κ3) is 3.09. The van der Waals surface area contributed by atoms with Crippen molar-refractivity contribution in [3.8, 4) is 6.07 Å². The lowest BCUT2D eigenvalue weighted by atomic mass is 10.00. The van der Waals surface area contributed by atoms with Crippen LogP contribution in [0.1, 0.15) is 29.5 Å². The van der Waals surface area contributed by atoms with Crippen molar-refractivity contribution in [3.63, 3.8) is 0 Å². The highest BCUT2D eigenvalue weighted by atomic mass is 14.2. The maximum atomic E-state index is 8.84. The number of nitriles is 1. The first kappa shape index (κ1) is 12.1. The Morgan fingerprint density at radius 1 is 1.06 bits per heavy atom. The largest absolute Gasteiger partial charge is 0.192 e. The van der Waals surface area contributed by atoms with Gasteiger partial charge in [0.15, 0.2) is 0 Å². The summed E-state index contributed by atoms with van der Waals surface area (Å²) in [5.74, 6) is 0.372. The molecule has 2 aromatic carbocycles. The zero-order chi connectivity index (χ0) is 12.8. The van der Waals surface area contributed by atoms with E-state index in [9.17, 15) is 0 Å². The first-order valence-electron chi connectivity index (χ1n) is 6.03. The van der Waals surface area contributed by atoms with Crippen LogP contribution in [-0.2, 0) is 0 Å². The van der Waals surface area contributed by atoms with Crippen molar-refractivity contribution in [1.29, 1.82) is 5.26 Å². The lowest BCUT2D eigenvalue weighted by Crippen LogP contribution is -1.87. The summed E-state index contributed by atoms with van der Waals surface area (Å²) in [6.45, 7) is 2.17. The molecule has 88 valence electrons. The standard InChI is InChI=1S/C17H15N/c1-14(17-8-3-2-4-9-17)10-11-15-6-5-7-16(12-15)13-18/h2-12,14H,1H3. The molecule has 0 saturated carbocycles. The van der Waals surface area contributed by atoms with Gasteiger partial charge in [-0.15, -0.1) is 0 Å². The van der Waals surface area contributed by atoms with E-state index in [1.165, 1.54) is 5.56 Å². The molecule has 1 unspecified atom stereocenters. The lowest BCUT2D eigenvalue weighted by molar-refractivity contribution is 0.973. The summed E-state index contributed by atoms with van der Waals surface area (Å²) >= 11 is 0. The molecule has 0 amide bonds. The molecule has 0 bridgehead atoms. The molecule has 0 aliphatic rings. The third-order valence-electron chi connectivity index (χ3n) is 2.92. The van der Waals surface area contributed by atoms with Gasteiger partial charge in [0.1, 0.15) is 0 Å². The Kier molecular flexibility index (Phi) is 3.94. The van der Waals surface area contributed by atoms with Gasteiger partial charge in [0.25, 0.3) is 0 Å². The quantitative estimate of drug-likeness (QED) is 0.772. The molecule has 1 heteroatoms. The molecule has 0 radical (unpaired) electrons. The highest BCUT2D eigenvalue weighted by Gasteiger charge is 1.99. The summed E-state index contributed by atoms with van der Waals surface area (Å²) in [5.41, 5.74) is 3.06. The summed E-state index contributed by atoms with van der Waals surface area (Å²) in [6.07, 6.45) is 4.23. The maximum Gasteiger partial charge on any atom is 0.0991 e. The van der Waals surface area contributed by atoms with Crippen LogP contribution in [0.4, 0.5) is 0 Å². The second kappa shape index (κ2) is 5.84. The fraction of sp³-hybridized carbons (Fsp3) is 0.118. The first-order valence-corrected chi connectivity index (χ1v) is 6.03. The van der Waals surface area contributed by atoms with Gasteiger partial charge in [0.2, 0.25) is 0 Å². The molecule has 1 nitrogen and oxygen atoms in total. The minimum atomic E-state index is 0.372. The molecule has 0 heterocycles. The summed E-state index contributed by atoms with van der Waals surface area (Å²) in [5, 5.41) is 8.84. The molecule has 0 spiro atoms. The van der Waals surface area contributed by atoms with E-state index in [-0.39, 0.29) is 0 Å². The predicted octanol–water partition coefficient (Wildman–Crippen LogP) is 4.38. The molecule has 0 aliphatic carbocycles. The molecule has 0 saturated heterocycles. The van der Waals surface area contributed by atoms with Crippen molar-refractivity contribution in [1.82, 2.24) is 0 Å². The molecule has 2 rings (SSSR count). The van der Waals surface area contributed by atoms with Crippen LogP contribution in [0.3, 0.4) is 0 Å². The van der Waals surface area contributed by atoms with Crippen molar-refractivity contribution < 1.29 is 0 Å². The Morgan fingerprint density at radius 3 is 2.56 bits per heavy atom. The number of benzene rings is 2. The van der Waals surface area contributed by atoms with Crippen molar-refractivity contribution in [2.24, 2.45) is 0 Å². The van der Waals surface area contributed by atoms with Crippen LogP contribution in [-0.4, -0.2) is 0 Å². The molecule has 2 aromatic rings. The highest BCUT2D eigenvalue weighted by Crippen LogP contribution is 2.17.